The first-order valence-electron chi connectivity index (χ1n) is 16.4. The van der Waals surface area contributed by atoms with E-state index in [0.29, 0.717) is 21.9 Å². The summed E-state index contributed by atoms with van der Waals surface area (Å²) in [6, 6.07) is 38.5. The van der Waals surface area contributed by atoms with Gasteiger partial charge in [-0.25, -0.2) is 0 Å². The van der Waals surface area contributed by atoms with Gasteiger partial charge in [0.05, 0.1) is 10.8 Å². The van der Waals surface area contributed by atoms with Crippen LogP contribution in [0.5, 0.6) is 0 Å². The molecule has 0 amide bonds. The number of anilines is 3. The summed E-state index contributed by atoms with van der Waals surface area (Å²) in [7, 11) is 0. The van der Waals surface area contributed by atoms with Gasteiger partial charge in [-0.3, -0.25) is 4.79 Å². The first kappa shape index (κ1) is 29.1. The van der Waals surface area contributed by atoms with Crippen LogP contribution in [0.4, 0.5) is 17.1 Å². The van der Waals surface area contributed by atoms with Crippen LogP contribution in [0.1, 0.15) is 77.0 Å². The van der Waals surface area contributed by atoms with E-state index in [1.165, 1.54) is 16.7 Å². The third kappa shape index (κ3) is 4.77. The van der Waals surface area contributed by atoms with E-state index in [9.17, 15) is 4.79 Å². The molecule has 0 saturated heterocycles. The summed E-state index contributed by atoms with van der Waals surface area (Å²) >= 11 is 0. The van der Waals surface area contributed by atoms with Gasteiger partial charge in [0.1, 0.15) is 11.2 Å². The normalized spacial score (nSPS) is 13.6. The Morgan fingerprint density at radius 2 is 1.22 bits per heavy atom. The Bertz CT molecular complexity index is 2040. The van der Waals surface area contributed by atoms with Crippen molar-refractivity contribution in [2.24, 2.45) is 0 Å². The Hall–Kier alpha value is -4.63. The minimum absolute atomic E-state index is 0.0375. The molecule has 0 saturated carbocycles. The maximum absolute atomic E-state index is 14.0. The number of nitrogens with zero attached hydrogens (tertiary/aromatic N) is 1. The van der Waals surface area contributed by atoms with E-state index in [0.717, 1.165) is 53.9 Å². The van der Waals surface area contributed by atoms with Crippen LogP contribution in [0.3, 0.4) is 0 Å². The predicted molar refractivity (Wildman–Crippen MR) is 189 cm³/mol. The highest BCUT2D eigenvalue weighted by molar-refractivity contribution is 5.96. The summed E-state index contributed by atoms with van der Waals surface area (Å²) in [5, 5.41) is 1.29. The number of rotatable bonds is 7. The van der Waals surface area contributed by atoms with Crippen LogP contribution in [0, 0.1) is 0 Å². The Morgan fingerprint density at radius 3 is 1.82 bits per heavy atom. The van der Waals surface area contributed by atoms with Crippen molar-refractivity contribution in [1.29, 1.82) is 0 Å². The minimum Gasteiger partial charge on any atom is -0.456 e. The van der Waals surface area contributed by atoms with Crippen molar-refractivity contribution < 1.29 is 4.42 Å². The predicted octanol–water partition coefficient (Wildman–Crippen LogP) is 11.6. The van der Waals surface area contributed by atoms with Gasteiger partial charge in [-0.2, -0.15) is 0 Å². The summed E-state index contributed by atoms with van der Waals surface area (Å²) in [6.07, 6.45) is 4.16. The maximum Gasteiger partial charge on any atom is 0.200 e. The molecule has 0 fully saturated rings. The molecular formula is C42H41NO2. The second kappa shape index (κ2) is 11.1. The van der Waals surface area contributed by atoms with Crippen molar-refractivity contribution in [2.75, 3.05) is 4.90 Å². The van der Waals surface area contributed by atoms with Gasteiger partial charge in [-0.05, 0) is 107 Å². The van der Waals surface area contributed by atoms with Crippen molar-refractivity contribution in [3.63, 3.8) is 0 Å². The average Bonchev–Trinajstić information content (AvgIpc) is 3.29. The van der Waals surface area contributed by atoms with E-state index in [-0.39, 0.29) is 16.3 Å². The standard InChI is InChI=1S/C42H41NO2/c1-6-22-42(23-7-2)36-25-31(43(29-14-10-8-11-15-29)30-16-12-9-13-17-30)19-21-32(36)34-26-35-39(27-37(34)42)45-38-24-28(41(3,4)5)18-20-33(38)40(35)44/h8-21,24-27H,6-7,22-23H2,1-5H3. The molecule has 0 bridgehead atoms. The van der Waals surface area contributed by atoms with E-state index in [2.05, 4.69) is 143 Å². The van der Waals surface area contributed by atoms with Crippen molar-refractivity contribution in [1.82, 2.24) is 0 Å². The second-order valence-corrected chi connectivity index (χ2v) is 13.6. The maximum atomic E-state index is 14.0. The van der Waals surface area contributed by atoms with Gasteiger partial charge in [0.25, 0.3) is 0 Å². The fraction of sp³-hybridized carbons (Fsp3) is 0.262. The van der Waals surface area contributed by atoms with E-state index in [4.69, 9.17) is 4.42 Å². The van der Waals surface area contributed by atoms with Crippen molar-refractivity contribution in [3.05, 3.63) is 136 Å². The molecule has 0 radical (unpaired) electrons. The quantitative estimate of drug-likeness (QED) is 0.173. The molecular weight excluding hydrogens is 550 g/mol. The summed E-state index contributed by atoms with van der Waals surface area (Å²) in [6.45, 7) is 11.1. The van der Waals surface area contributed by atoms with Crippen LogP contribution in [-0.2, 0) is 10.8 Å². The van der Waals surface area contributed by atoms with E-state index >= 15 is 0 Å². The van der Waals surface area contributed by atoms with Crippen LogP contribution < -0.4 is 10.3 Å². The molecule has 1 heterocycles. The molecule has 0 aliphatic heterocycles. The van der Waals surface area contributed by atoms with E-state index in [1.54, 1.807) is 0 Å². The third-order valence-electron chi connectivity index (χ3n) is 9.64. The number of hydrogen-bond donors (Lipinski definition) is 0. The SMILES string of the molecule is CCCC1(CCC)c2cc(N(c3ccccc3)c3ccccc3)ccc2-c2cc3c(=O)c4ccc(C(C)(C)C)cc4oc3cc21. The second-order valence-electron chi connectivity index (χ2n) is 13.6. The van der Waals surface area contributed by atoms with E-state index < -0.39 is 0 Å². The topological polar surface area (TPSA) is 33.5 Å². The molecule has 226 valence electrons. The Kier molecular flexibility index (Phi) is 7.16. The molecule has 1 aromatic heterocycles. The van der Waals surface area contributed by atoms with Crippen LogP contribution in [0.25, 0.3) is 33.1 Å². The zero-order valence-corrected chi connectivity index (χ0v) is 27.0. The lowest BCUT2D eigenvalue weighted by Gasteiger charge is -2.33. The highest BCUT2D eigenvalue weighted by Gasteiger charge is 2.43. The number of para-hydroxylation sites is 2. The van der Waals surface area contributed by atoms with Crippen LogP contribution in [0.2, 0.25) is 0 Å². The lowest BCUT2D eigenvalue weighted by molar-refractivity contribution is 0.435. The highest BCUT2D eigenvalue weighted by atomic mass is 16.3. The smallest absolute Gasteiger partial charge is 0.200 e. The number of hydrogen-bond acceptors (Lipinski definition) is 3. The largest absolute Gasteiger partial charge is 0.456 e. The fourth-order valence-corrected chi connectivity index (χ4v) is 7.55. The Morgan fingerprint density at radius 1 is 0.622 bits per heavy atom. The lowest BCUT2D eigenvalue weighted by atomic mass is 9.71. The Balaban J connectivity index is 1.47. The highest BCUT2D eigenvalue weighted by Crippen LogP contribution is 2.56. The molecule has 3 nitrogen and oxygen atoms in total. The molecule has 45 heavy (non-hydrogen) atoms. The molecule has 1 aliphatic carbocycles. The van der Waals surface area contributed by atoms with Gasteiger partial charge in [0.15, 0.2) is 0 Å². The van der Waals surface area contributed by atoms with Gasteiger partial charge >= 0.3 is 0 Å². The third-order valence-corrected chi connectivity index (χ3v) is 9.64. The number of benzene rings is 5. The molecule has 1 aliphatic rings. The monoisotopic (exact) mass is 591 g/mol. The molecule has 6 aromatic rings. The summed E-state index contributed by atoms with van der Waals surface area (Å²) in [4.78, 5) is 16.3. The molecule has 0 unspecified atom stereocenters. The zero-order valence-electron chi connectivity index (χ0n) is 27.0. The van der Waals surface area contributed by atoms with Crippen LogP contribution in [0.15, 0.2) is 118 Å². The van der Waals surface area contributed by atoms with Gasteiger partial charge < -0.3 is 9.32 Å². The van der Waals surface area contributed by atoms with Gasteiger partial charge in [-0.1, -0.05) is 96.0 Å². The summed E-state index contributed by atoms with van der Waals surface area (Å²) < 4.78 is 6.61. The molecule has 0 spiro atoms. The first-order valence-corrected chi connectivity index (χ1v) is 16.4. The average molecular weight is 592 g/mol. The first-order chi connectivity index (χ1) is 21.7. The molecule has 0 atom stereocenters. The fourth-order valence-electron chi connectivity index (χ4n) is 7.55. The summed E-state index contributed by atoms with van der Waals surface area (Å²) in [5.74, 6) is 0. The van der Waals surface area contributed by atoms with Crippen molar-refractivity contribution >= 4 is 39.0 Å². The molecule has 0 N–H and O–H groups in total. The molecule has 7 rings (SSSR count). The molecule has 5 aromatic carbocycles. The van der Waals surface area contributed by atoms with Crippen molar-refractivity contribution in [3.8, 4) is 11.1 Å². The Labute approximate surface area is 266 Å². The lowest BCUT2D eigenvalue weighted by Crippen LogP contribution is -2.25. The van der Waals surface area contributed by atoms with Gasteiger partial charge in [-0.15, -0.1) is 0 Å². The van der Waals surface area contributed by atoms with Crippen molar-refractivity contribution in [2.45, 2.75) is 71.1 Å². The van der Waals surface area contributed by atoms with E-state index in [1.807, 2.05) is 6.07 Å². The molecule has 3 heteroatoms. The summed E-state index contributed by atoms with van der Waals surface area (Å²) in [5.41, 5.74) is 10.7. The van der Waals surface area contributed by atoms with Crippen LogP contribution >= 0.6 is 0 Å². The number of fused-ring (bicyclic) bond motifs is 5. The van der Waals surface area contributed by atoms with Gasteiger partial charge in [0, 0.05) is 22.5 Å². The minimum atomic E-state index is -0.168. The van der Waals surface area contributed by atoms with Crippen LogP contribution in [-0.4, -0.2) is 0 Å². The zero-order chi connectivity index (χ0) is 31.3. The van der Waals surface area contributed by atoms with Gasteiger partial charge in [0.2, 0.25) is 5.43 Å².